The zero-order chi connectivity index (χ0) is 16.6. The maximum Gasteiger partial charge on any atom is 0.224 e. The van der Waals surface area contributed by atoms with Gasteiger partial charge in [0.1, 0.15) is 5.82 Å². The van der Waals surface area contributed by atoms with Gasteiger partial charge in [-0.3, -0.25) is 4.79 Å². The first-order valence-corrected chi connectivity index (χ1v) is 7.03. The Morgan fingerprint density at radius 3 is 2.74 bits per heavy atom. The second kappa shape index (κ2) is 6.04. The van der Waals surface area contributed by atoms with Gasteiger partial charge in [0.2, 0.25) is 5.91 Å². The molecule has 2 N–H and O–H groups in total. The van der Waals surface area contributed by atoms with E-state index in [0.717, 1.165) is 11.6 Å². The quantitative estimate of drug-likeness (QED) is 0.872. The molecule has 1 aromatic carbocycles. The van der Waals surface area contributed by atoms with E-state index in [4.69, 9.17) is 10.3 Å². The highest BCUT2D eigenvalue weighted by atomic mass is 19.2. The molecule has 1 aliphatic heterocycles. The number of nitrogens with two attached hydrogens (primary N) is 1. The maximum atomic E-state index is 13.6. The van der Waals surface area contributed by atoms with Crippen LogP contribution in [0.25, 0.3) is 0 Å². The van der Waals surface area contributed by atoms with Gasteiger partial charge in [-0.15, -0.1) is 0 Å². The third-order valence-corrected chi connectivity index (χ3v) is 3.79. The van der Waals surface area contributed by atoms with Crippen LogP contribution >= 0.6 is 0 Å². The monoisotopic (exact) mass is 325 g/mol. The lowest BCUT2D eigenvalue weighted by Crippen LogP contribution is -2.34. The van der Waals surface area contributed by atoms with Gasteiger partial charge in [0.25, 0.3) is 0 Å². The molecule has 3 rings (SSSR count). The fourth-order valence-electron chi connectivity index (χ4n) is 2.58. The predicted molar refractivity (Wildman–Crippen MR) is 73.4 cm³/mol. The van der Waals surface area contributed by atoms with Crippen molar-refractivity contribution in [1.82, 2.24) is 10.1 Å². The molecule has 1 aromatic heterocycles. The number of benzene rings is 1. The Kier molecular flexibility index (Phi) is 4.08. The van der Waals surface area contributed by atoms with Gasteiger partial charge >= 0.3 is 0 Å². The molecule has 0 spiro atoms. The van der Waals surface area contributed by atoms with Crippen LogP contribution < -0.4 is 5.73 Å². The van der Waals surface area contributed by atoms with Crippen LogP contribution in [0, 0.1) is 17.5 Å². The van der Waals surface area contributed by atoms with Gasteiger partial charge in [0.15, 0.2) is 17.4 Å². The predicted octanol–water partition coefficient (Wildman–Crippen LogP) is 1.89. The summed E-state index contributed by atoms with van der Waals surface area (Å²) in [7, 11) is 0. The van der Waals surface area contributed by atoms with E-state index in [2.05, 4.69) is 5.16 Å². The first-order valence-electron chi connectivity index (χ1n) is 7.03. The average Bonchev–Trinajstić information content (AvgIpc) is 3.05. The van der Waals surface area contributed by atoms with E-state index >= 15 is 0 Å². The summed E-state index contributed by atoms with van der Waals surface area (Å²) in [4.78, 5) is 13.7. The molecule has 2 aromatic rings. The van der Waals surface area contributed by atoms with Crippen molar-refractivity contribution in [2.24, 2.45) is 5.73 Å². The van der Waals surface area contributed by atoms with Gasteiger partial charge in [-0.25, -0.2) is 13.2 Å². The summed E-state index contributed by atoms with van der Waals surface area (Å²) in [6.07, 6.45) is 1.46. The molecule has 1 aliphatic rings. The van der Waals surface area contributed by atoms with Crippen LogP contribution in [0.5, 0.6) is 0 Å². The highest BCUT2D eigenvalue weighted by Gasteiger charge is 2.27. The molecule has 1 atom stereocenters. The summed E-state index contributed by atoms with van der Waals surface area (Å²) in [5.41, 5.74) is 6.64. The zero-order valence-electron chi connectivity index (χ0n) is 12.1. The fourth-order valence-corrected chi connectivity index (χ4v) is 2.58. The molecular formula is C15H14F3N3O2. The van der Waals surface area contributed by atoms with Crippen molar-refractivity contribution < 1.29 is 22.5 Å². The van der Waals surface area contributed by atoms with Crippen molar-refractivity contribution >= 4 is 5.91 Å². The smallest absolute Gasteiger partial charge is 0.224 e. The lowest BCUT2D eigenvalue weighted by atomic mass is 10.0. The SMILES string of the molecule is N[C@@H](CC(=O)N1Cc2cnoc2C1)Cc1cc(F)c(F)cc1F. The van der Waals surface area contributed by atoms with E-state index in [9.17, 15) is 18.0 Å². The molecule has 0 unspecified atom stereocenters. The molecule has 23 heavy (non-hydrogen) atoms. The van der Waals surface area contributed by atoms with E-state index in [-0.39, 0.29) is 24.3 Å². The highest BCUT2D eigenvalue weighted by molar-refractivity contribution is 5.77. The van der Waals surface area contributed by atoms with Gasteiger partial charge in [-0.2, -0.15) is 0 Å². The summed E-state index contributed by atoms with van der Waals surface area (Å²) in [5, 5.41) is 3.63. The lowest BCUT2D eigenvalue weighted by molar-refractivity contribution is -0.132. The molecule has 5 nitrogen and oxygen atoms in total. The van der Waals surface area contributed by atoms with E-state index in [1.54, 1.807) is 11.1 Å². The molecule has 2 heterocycles. The standard InChI is InChI=1S/C15H14F3N3O2/c16-11-4-13(18)12(17)2-8(11)1-10(19)3-15(22)21-6-9-5-20-23-14(9)7-21/h2,4-5,10H,1,3,6-7,19H2/t10-/m1/s1. The lowest BCUT2D eigenvalue weighted by Gasteiger charge is -2.18. The third kappa shape index (κ3) is 3.21. The van der Waals surface area contributed by atoms with E-state index in [0.29, 0.717) is 24.9 Å². The van der Waals surface area contributed by atoms with Crippen molar-refractivity contribution in [3.63, 3.8) is 0 Å². The molecule has 0 fully saturated rings. The van der Waals surface area contributed by atoms with E-state index in [1.165, 1.54) is 0 Å². The van der Waals surface area contributed by atoms with E-state index < -0.39 is 23.5 Å². The first kappa shape index (κ1) is 15.5. The van der Waals surface area contributed by atoms with Crippen LogP contribution in [-0.4, -0.2) is 22.0 Å². The number of fused-ring (bicyclic) bond motifs is 1. The van der Waals surface area contributed by atoms with Crippen LogP contribution in [0.4, 0.5) is 13.2 Å². The molecule has 0 radical (unpaired) electrons. The van der Waals surface area contributed by atoms with Gasteiger partial charge in [0.05, 0.1) is 19.3 Å². The van der Waals surface area contributed by atoms with Crippen molar-refractivity contribution in [3.8, 4) is 0 Å². The number of amides is 1. The van der Waals surface area contributed by atoms with Crippen LogP contribution in [0.3, 0.4) is 0 Å². The van der Waals surface area contributed by atoms with Crippen LogP contribution in [0.1, 0.15) is 23.3 Å². The van der Waals surface area contributed by atoms with Gasteiger partial charge in [-0.1, -0.05) is 5.16 Å². The summed E-state index contributed by atoms with van der Waals surface area (Å²) in [5.74, 6) is -2.85. The second-order valence-corrected chi connectivity index (χ2v) is 5.55. The molecule has 0 aliphatic carbocycles. The largest absolute Gasteiger partial charge is 0.359 e. The molecule has 0 saturated heterocycles. The molecule has 8 heteroatoms. The van der Waals surface area contributed by atoms with Gasteiger partial charge in [-0.05, 0) is 18.1 Å². The Balaban J connectivity index is 1.59. The summed E-state index contributed by atoms with van der Waals surface area (Å²) < 4.78 is 44.6. The number of nitrogens with zero attached hydrogens (tertiary/aromatic N) is 2. The Morgan fingerprint density at radius 2 is 2.00 bits per heavy atom. The second-order valence-electron chi connectivity index (χ2n) is 5.55. The summed E-state index contributed by atoms with van der Waals surface area (Å²) in [6.45, 7) is 0.713. The third-order valence-electron chi connectivity index (χ3n) is 3.79. The Morgan fingerprint density at radius 1 is 1.26 bits per heavy atom. The summed E-state index contributed by atoms with van der Waals surface area (Å²) >= 11 is 0. The number of halogens is 3. The topological polar surface area (TPSA) is 72.4 Å². The minimum Gasteiger partial charge on any atom is -0.359 e. The van der Waals surface area contributed by atoms with Crippen LogP contribution in [0.15, 0.2) is 22.9 Å². The van der Waals surface area contributed by atoms with E-state index in [1.807, 2.05) is 0 Å². The number of carbonyl (C=O) groups excluding carboxylic acids is 1. The number of hydrogen-bond acceptors (Lipinski definition) is 4. The minimum atomic E-state index is -1.25. The first-order chi connectivity index (χ1) is 10.9. The fraction of sp³-hybridized carbons (Fsp3) is 0.333. The van der Waals surface area contributed by atoms with Crippen molar-refractivity contribution in [1.29, 1.82) is 0 Å². The van der Waals surface area contributed by atoms with Crippen LogP contribution in [-0.2, 0) is 24.3 Å². The highest BCUT2D eigenvalue weighted by Crippen LogP contribution is 2.23. The molecule has 0 bridgehead atoms. The van der Waals surface area contributed by atoms with Crippen molar-refractivity contribution in [2.75, 3.05) is 0 Å². The summed E-state index contributed by atoms with van der Waals surface area (Å²) in [6, 6.07) is 0.544. The van der Waals surface area contributed by atoms with Gasteiger partial charge in [0, 0.05) is 24.1 Å². The van der Waals surface area contributed by atoms with Gasteiger partial charge < -0.3 is 15.2 Å². The minimum absolute atomic E-state index is 0.0316. The number of hydrogen-bond donors (Lipinski definition) is 1. The molecule has 122 valence electrons. The number of carbonyl (C=O) groups is 1. The average molecular weight is 325 g/mol. The Labute approximate surface area is 129 Å². The maximum absolute atomic E-state index is 13.6. The number of aromatic nitrogens is 1. The molecule has 0 saturated carbocycles. The molecular weight excluding hydrogens is 311 g/mol. The Hall–Kier alpha value is -2.35. The van der Waals surface area contributed by atoms with Crippen LogP contribution in [0.2, 0.25) is 0 Å². The normalized spacial score (nSPS) is 14.9. The number of rotatable bonds is 4. The zero-order valence-corrected chi connectivity index (χ0v) is 12.1. The van der Waals surface area contributed by atoms with Crippen molar-refractivity contribution in [2.45, 2.75) is 32.0 Å². The van der Waals surface area contributed by atoms with Crippen molar-refractivity contribution in [3.05, 3.63) is 52.7 Å². The molecule has 1 amide bonds. The Bertz CT molecular complexity index is 727.